The van der Waals surface area contributed by atoms with Gasteiger partial charge in [-0.25, -0.2) is 19.7 Å². The summed E-state index contributed by atoms with van der Waals surface area (Å²) < 4.78 is 7.53. The van der Waals surface area contributed by atoms with Crippen molar-refractivity contribution in [3.8, 4) is 5.75 Å². The van der Waals surface area contributed by atoms with Crippen molar-refractivity contribution in [2.24, 2.45) is 7.05 Å². The van der Waals surface area contributed by atoms with Gasteiger partial charge in [0.15, 0.2) is 5.75 Å². The topological polar surface area (TPSA) is 98.1 Å². The van der Waals surface area contributed by atoms with Gasteiger partial charge in [-0.15, -0.1) is 0 Å². The molecule has 0 fully saturated rings. The maximum Gasteiger partial charge on any atom is 0.412 e. The number of fused-ring (bicyclic) bond motifs is 1. The molecule has 9 heteroatoms. The maximum atomic E-state index is 12.4. The normalized spacial score (nSPS) is 14.7. The number of nitrogens with one attached hydrogen (secondary N) is 1. The molecule has 4 aromatic rings. The van der Waals surface area contributed by atoms with Crippen LogP contribution in [0.15, 0.2) is 61.3 Å². The molecule has 3 aromatic heterocycles. The highest BCUT2D eigenvalue weighted by molar-refractivity contribution is 5.70. The second-order valence-corrected chi connectivity index (χ2v) is 10.1. The van der Waals surface area contributed by atoms with Crippen LogP contribution >= 0.6 is 0 Å². The quantitative estimate of drug-likeness (QED) is 0.340. The van der Waals surface area contributed by atoms with Gasteiger partial charge in [-0.05, 0) is 55.9 Å². The highest BCUT2D eigenvalue weighted by Gasteiger charge is 2.27. The number of amides is 1. The summed E-state index contributed by atoms with van der Waals surface area (Å²) in [5.41, 5.74) is 6.04. The summed E-state index contributed by atoms with van der Waals surface area (Å²) in [6.45, 7) is 5.65. The van der Waals surface area contributed by atoms with E-state index in [4.69, 9.17) is 9.72 Å². The molecule has 0 radical (unpaired) electrons. The number of hydrogen-bond acceptors (Lipinski definition) is 7. The fourth-order valence-electron chi connectivity index (χ4n) is 5.20. The molecule has 1 aliphatic rings. The minimum atomic E-state index is -0.524. The number of benzene rings is 1. The Hall–Kier alpha value is -4.11. The van der Waals surface area contributed by atoms with Gasteiger partial charge in [0.05, 0.1) is 23.1 Å². The smallest absolute Gasteiger partial charge is 0.406 e. The summed E-state index contributed by atoms with van der Waals surface area (Å²) in [6, 6.07) is 12.9. The number of aromatic nitrogens is 5. The first-order valence-corrected chi connectivity index (χ1v) is 13.4. The summed E-state index contributed by atoms with van der Waals surface area (Å²) in [5.74, 6) is 1.48. The lowest BCUT2D eigenvalue weighted by Gasteiger charge is -2.35. The Morgan fingerprint density at radius 2 is 1.82 bits per heavy atom. The Bertz CT molecular complexity index is 1400. The molecule has 39 heavy (non-hydrogen) atoms. The number of rotatable bonds is 9. The Balaban J connectivity index is 1.24. The molecule has 1 aliphatic carbocycles. The van der Waals surface area contributed by atoms with Crippen LogP contribution in [0, 0.1) is 13.8 Å². The first-order chi connectivity index (χ1) is 19.0. The summed E-state index contributed by atoms with van der Waals surface area (Å²) >= 11 is 0. The van der Waals surface area contributed by atoms with E-state index in [1.165, 1.54) is 23.1 Å². The fraction of sp³-hybridized carbons (Fsp3) is 0.367. The van der Waals surface area contributed by atoms with Crippen LogP contribution in [-0.4, -0.2) is 42.0 Å². The fourth-order valence-corrected chi connectivity index (χ4v) is 5.20. The molecule has 3 heterocycles. The molecule has 202 valence electrons. The highest BCUT2D eigenvalue weighted by atomic mass is 16.6. The Kier molecular flexibility index (Phi) is 8.27. The number of aryl methyl sites for hydroxylation is 4. The number of hydrogen-bond donors (Lipinski definition) is 1. The average molecular weight is 526 g/mol. The van der Waals surface area contributed by atoms with Crippen LogP contribution in [0.5, 0.6) is 5.75 Å². The van der Waals surface area contributed by atoms with E-state index in [0.29, 0.717) is 23.7 Å². The van der Waals surface area contributed by atoms with Crippen LogP contribution < -0.4 is 10.1 Å². The monoisotopic (exact) mass is 525 g/mol. The van der Waals surface area contributed by atoms with Crippen LogP contribution in [0.1, 0.15) is 58.5 Å². The minimum absolute atomic E-state index is 0.278. The van der Waals surface area contributed by atoms with Crippen molar-refractivity contribution in [1.29, 1.82) is 0 Å². The molecule has 0 saturated carbocycles. The van der Waals surface area contributed by atoms with Crippen molar-refractivity contribution in [2.75, 3.05) is 6.54 Å². The van der Waals surface area contributed by atoms with Crippen molar-refractivity contribution >= 4 is 6.09 Å². The molecule has 0 spiro atoms. The second-order valence-electron chi connectivity index (χ2n) is 10.1. The zero-order valence-corrected chi connectivity index (χ0v) is 22.8. The van der Waals surface area contributed by atoms with Gasteiger partial charge in [-0.3, -0.25) is 9.88 Å². The van der Waals surface area contributed by atoms with Gasteiger partial charge in [-0.2, -0.15) is 0 Å². The molecule has 0 saturated heterocycles. The predicted octanol–water partition coefficient (Wildman–Crippen LogP) is 4.63. The van der Waals surface area contributed by atoms with Gasteiger partial charge in [0.2, 0.25) is 0 Å². The van der Waals surface area contributed by atoms with Gasteiger partial charge in [0.1, 0.15) is 12.2 Å². The van der Waals surface area contributed by atoms with Gasteiger partial charge >= 0.3 is 6.09 Å². The van der Waals surface area contributed by atoms with Gasteiger partial charge < -0.3 is 14.6 Å². The predicted molar refractivity (Wildman–Crippen MR) is 148 cm³/mol. The largest absolute Gasteiger partial charge is 0.412 e. The van der Waals surface area contributed by atoms with Crippen LogP contribution in [0.25, 0.3) is 0 Å². The number of imidazole rings is 1. The number of carbonyl (C=O) groups is 1. The number of carbonyl (C=O) groups excluding carboxylic acids is 1. The molecule has 1 unspecified atom stereocenters. The van der Waals surface area contributed by atoms with E-state index in [0.717, 1.165) is 50.2 Å². The highest BCUT2D eigenvalue weighted by Crippen LogP contribution is 2.34. The third-order valence-corrected chi connectivity index (χ3v) is 7.35. The Labute approximate surface area is 229 Å². The number of nitrogens with zero attached hydrogens (tertiary/aromatic N) is 6. The molecule has 1 N–H and O–H groups in total. The van der Waals surface area contributed by atoms with Crippen LogP contribution in [0.4, 0.5) is 4.79 Å². The summed E-state index contributed by atoms with van der Waals surface area (Å²) in [6.07, 6.45) is 10.9. The number of pyridine rings is 1. The van der Waals surface area contributed by atoms with E-state index in [1.807, 2.05) is 31.7 Å². The van der Waals surface area contributed by atoms with Crippen LogP contribution in [0.2, 0.25) is 0 Å². The van der Waals surface area contributed by atoms with E-state index in [9.17, 15) is 4.79 Å². The van der Waals surface area contributed by atoms with E-state index < -0.39 is 6.09 Å². The molecule has 1 aromatic carbocycles. The second kappa shape index (κ2) is 12.2. The molecule has 1 amide bonds. The van der Waals surface area contributed by atoms with Crippen molar-refractivity contribution in [3.05, 3.63) is 101 Å². The van der Waals surface area contributed by atoms with Gasteiger partial charge in [0.25, 0.3) is 0 Å². The van der Waals surface area contributed by atoms with Crippen LogP contribution in [0.3, 0.4) is 0 Å². The lowest BCUT2D eigenvalue weighted by molar-refractivity contribution is 0.166. The van der Waals surface area contributed by atoms with Crippen molar-refractivity contribution in [2.45, 2.75) is 58.7 Å². The first-order valence-electron chi connectivity index (χ1n) is 13.4. The van der Waals surface area contributed by atoms with E-state index in [1.54, 1.807) is 13.8 Å². The van der Waals surface area contributed by atoms with Crippen molar-refractivity contribution < 1.29 is 9.53 Å². The first kappa shape index (κ1) is 26.5. The third-order valence-electron chi connectivity index (χ3n) is 7.35. The van der Waals surface area contributed by atoms with Crippen molar-refractivity contribution in [1.82, 2.24) is 34.7 Å². The molecular weight excluding hydrogens is 490 g/mol. The molecule has 1 atom stereocenters. The third kappa shape index (κ3) is 6.49. The van der Waals surface area contributed by atoms with Crippen molar-refractivity contribution in [3.63, 3.8) is 0 Å². The lowest BCUT2D eigenvalue weighted by Crippen LogP contribution is -2.33. The molecular formula is C30H35N7O2. The van der Waals surface area contributed by atoms with E-state index in [-0.39, 0.29) is 6.04 Å². The Morgan fingerprint density at radius 3 is 2.56 bits per heavy atom. The summed E-state index contributed by atoms with van der Waals surface area (Å²) in [7, 11) is 2.04. The number of ether oxygens (including phenoxy) is 1. The Morgan fingerprint density at radius 1 is 1.05 bits per heavy atom. The standard InChI is InChI=1S/C30H35N7O2/c1-21-29(22(2)35-20-34-21)39-30(38)33-18-23-9-11-24(12-10-23)19-37(16-13-27-31-15-17-36(27)3)26-8-4-6-25-7-5-14-32-28(25)26/h5,7,9-12,14-15,17,20,26H,4,6,8,13,16,18-19H2,1-3H3,(H,33,38). The van der Waals surface area contributed by atoms with E-state index in [2.05, 4.69) is 60.1 Å². The SMILES string of the molecule is Cc1ncnc(C)c1OC(=O)NCc1ccc(CN(CCc2nccn2C)C2CCCc3cccnc32)cc1. The molecule has 0 bridgehead atoms. The summed E-state index contributed by atoms with van der Waals surface area (Å²) in [4.78, 5) is 32.4. The maximum absolute atomic E-state index is 12.4. The lowest BCUT2D eigenvalue weighted by atomic mass is 9.90. The minimum Gasteiger partial charge on any atom is -0.406 e. The van der Waals surface area contributed by atoms with E-state index >= 15 is 0 Å². The molecule has 5 rings (SSSR count). The van der Waals surface area contributed by atoms with Gasteiger partial charge in [-0.1, -0.05) is 30.3 Å². The molecule has 0 aliphatic heterocycles. The molecule has 9 nitrogen and oxygen atoms in total. The summed E-state index contributed by atoms with van der Waals surface area (Å²) in [5, 5.41) is 2.82. The zero-order chi connectivity index (χ0) is 27.2. The zero-order valence-electron chi connectivity index (χ0n) is 22.8. The van der Waals surface area contributed by atoms with Crippen LogP contribution in [-0.2, 0) is 33.0 Å². The van der Waals surface area contributed by atoms with Gasteiger partial charge in [0, 0.05) is 51.7 Å². The average Bonchev–Trinajstić information content (AvgIpc) is 3.36.